The number of nitrogens with two attached hydrogens (primary N) is 1. The van der Waals surface area contributed by atoms with Gasteiger partial charge in [-0.3, -0.25) is 0 Å². The van der Waals surface area contributed by atoms with Crippen LogP contribution in [0.1, 0.15) is 38.5 Å². The number of amides is 2. The third-order valence-electron chi connectivity index (χ3n) is 2.33. The molecule has 0 unspecified atom stereocenters. The van der Waals surface area contributed by atoms with E-state index in [9.17, 15) is 4.79 Å². The Labute approximate surface area is 85.6 Å². The van der Waals surface area contributed by atoms with Crippen LogP contribution in [0.5, 0.6) is 0 Å². The van der Waals surface area contributed by atoms with Crippen molar-refractivity contribution in [1.29, 1.82) is 0 Å². The zero-order valence-corrected chi connectivity index (χ0v) is 8.72. The third kappa shape index (κ3) is 5.80. The Morgan fingerprint density at radius 3 is 2.57 bits per heavy atom. The summed E-state index contributed by atoms with van der Waals surface area (Å²) in [5.41, 5.74) is 5.37. The van der Waals surface area contributed by atoms with Crippen LogP contribution in [0.3, 0.4) is 0 Å². The molecule has 4 nitrogen and oxygen atoms in total. The predicted octanol–water partition coefficient (Wildman–Crippen LogP) is 0.967. The number of rotatable bonds is 7. The van der Waals surface area contributed by atoms with Gasteiger partial charge in [0.2, 0.25) is 0 Å². The van der Waals surface area contributed by atoms with Crippen LogP contribution in [0.2, 0.25) is 0 Å². The van der Waals surface area contributed by atoms with Gasteiger partial charge < -0.3 is 16.4 Å². The van der Waals surface area contributed by atoms with Crippen LogP contribution in [0, 0.1) is 0 Å². The molecule has 0 radical (unpaired) electrons. The molecule has 0 spiro atoms. The Morgan fingerprint density at radius 1 is 1.21 bits per heavy atom. The molecular formula is C10H21N3O. The molecule has 1 saturated carbocycles. The molecule has 4 heteroatoms. The van der Waals surface area contributed by atoms with Crippen molar-refractivity contribution < 1.29 is 4.79 Å². The molecule has 4 N–H and O–H groups in total. The first-order valence-corrected chi connectivity index (χ1v) is 5.57. The van der Waals surface area contributed by atoms with Gasteiger partial charge in [0.1, 0.15) is 0 Å². The SMILES string of the molecule is NCCCCCCNC(=O)NC1CC1. The van der Waals surface area contributed by atoms with Crippen LogP contribution in [0.15, 0.2) is 0 Å². The van der Waals surface area contributed by atoms with Crippen molar-refractivity contribution in [3.63, 3.8) is 0 Å². The highest BCUT2D eigenvalue weighted by Gasteiger charge is 2.22. The summed E-state index contributed by atoms with van der Waals surface area (Å²) in [6.45, 7) is 1.55. The van der Waals surface area contributed by atoms with Gasteiger partial charge in [-0.15, -0.1) is 0 Å². The van der Waals surface area contributed by atoms with E-state index in [0.29, 0.717) is 6.04 Å². The molecule has 1 fully saturated rings. The van der Waals surface area contributed by atoms with E-state index in [0.717, 1.165) is 45.2 Å². The van der Waals surface area contributed by atoms with E-state index in [1.807, 2.05) is 0 Å². The maximum atomic E-state index is 11.1. The van der Waals surface area contributed by atoms with E-state index in [2.05, 4.69) is 10.6 Å². The molecule has 82 valence electrons. The van der Waals surface area contributed by atoms with E-state index >= 15 is 0 Å². The number of nitrogens with one attached hydrogen (secondary N) is 2. The molecule has 1 aliphatic carbocycles. The maximum Gasteiger partial charge on any atom is 0.315 e. The molecule has 0 bridgehead atoms. The van der Waals surface area contributed by atoms with Gasteiger partial charge in [0.25, 0.3) is 0 Å². The molecule has 2 amide bonds. The molecule has 0 aromatic heterocycles. The summed E-state index contributed by atoms with van der Waals surface area (Å²) in [5, 5.41) is 5.74. The zero-order valence-electron chi connectivity index (χ0n) is 8.72. The van der Waals surface area contributed by atoms with Gasteiger partial charge in [0.15, 0.2) is 0 Å². The minimum Gasteiger partial charge on any atom is -0.338 e. The van der Waals surface area contributed by atoms with Gasteiger partial charge in [0, 0.05) is 12.6 Å². The van der Waals surface area contributed by atoms with Gasteiger partial charge >= 0.3 is 6.03 Å². The quantitative estimate of drug-likeness (QED) is 0.535. The van der Waals surface area contributed by atoms with E-state index < -0.39 is 0 Å². The molecule has 0 aliphatic heterocycles. The number of hydrogen-bond donors (Lipinski definition) is 3. The second-order valence-corrected chi connectivity index (χ2v) is 3.88. The van der Waals surface area contributed by atoms with Crippen molar-refractivity contribution in [2.45, 2.75) is 44.6 Å². The molecule has 0 heterocycles. The van der Waals surface area contributed by atoms with Crippen LogP contribution in [0.4, 0.5) is 4.79 Å². The Bertz CT molecular complexity index is 169. The van der Waals surface area contributed by atoms with Gasteiger partial charge in [0.05, 0.1) is 0 Å². The fourth-order valence-corrected chi connectivity index (χ4v) is 1.29. The summed E-state index contributed by atoms with van der Waals surface area (Å²) in [7, 11) is 0. The van der Waals surface area contributed by atoms with E-state index in [1.165, 1.54) is 6.42 Å². The van der Waals surface area contributed by atoms with E-state index in [4.69, 9.17) is 5.73 Å². The number of unbranched alkanes of at least 4 members (excludes halogenated alkanes) is 3. The van der Waals surface area contributed by atoms with Gasteiger partial charge in [-0.25, -0.2) is 4.79 Å². The fourth-order valence-electron chi connectivity index (χ4n) is 1.29. The van der Waals surface area contributed by atoms with E-state index in [-0.39, 0.29) is 6.03 Å². The highest BCUT2D eigenvalue weighted by molar-refractivity contribution is 5.74. The second kappa shape index (κ2) is 6.65. The zero-order chi connectivity index (χ0) is 10.2. The average Bonchev–Trinajstić information content (AvgIpc) is 2.95. The van der Waals surface area contributed by atoms with Crippen LogP contribution in [-0.2, 0) is 0 Å². The summed E-state index contributed by atoms with van der Waals surface area (Å²) in [5.74, 6) is 0. The number of carbonyl (C=O) groups excluding carboxylic acids is 1. The number of urea groups is 1. The second-order valence-electron chi connectivity index (χ2n) is 3.88. The van der Waals surface area contributed by atoms with Crippen LogP contribution < -0.4 is 16.4 Å². The minimum atomic E-state index is -0.00803. The standard InChI is InChI=1S/C10H21N3O/c11-7-3-1-2-4-8-12-10(14)13-9-5-6-9/h9H,1-8,11H2,(H2,12,13,14). The van der Waals surface area contributed by atoms with Crippen molar-refractivity contribution in [2.24, 2.45) is 5.73 Å². The lowest BCUT2D eigenvalue weighted by Gasteiger charge is -2.05. The molecule has 0 atom stereocenters. The maximum absolute atomic E-state index is 11.1. The van der Waals surface area contributed by atoms with Crippen molar-refractivity contribution in [1.82, 2.24) is 10.6 Å². The first kappa shape index (κ1) is 11.3. The number of hydrogen-bond acceptors (Lipinski definition) is 2. The first-order valence-electron chi connectivity index (χ1n) is 5.57. The van der Waals surface area contributed by atoms with Crippen molar-refractivity contribution >= 4 is 6.03 Å². The Morgan fingerprint density at radius 2 is 1.93 bits per heavy atom. The summed E-state index contributed by atoms with van der Waals surface area (Å²) in [4.78, 5) is 11.1. The lowest BCUT2D eigenvalue weighted by atomic mass is 10.2. The smallest absolute Gasteiger partial charge is 0.315 e. The van der Waals surface area contributed by atoms with E-state index in [1.54, 1.807) is 0 Å². The summed E-state index contributed by atoms with van der Waals surface area (Å²) in [6.07, 6.45) is 6.75. The van der Waals surface area contributed by atoms with Crippen LogP contribution in [0.25, 0.3) is 0 Å². The molecule has 0 aromatic carbocycles. The fraction of sp³-hybridized carbons (Fsp3) is 0.900. The largest absolute Gasteiger partial charge is 0.338 e. The molecule has 1 rings (SSSR count). The topological polar surface area (TPSA) is 67.1 Å². The molecular weight excluding hydrogens is 178 g/mol. The summed E-state index contributed by atoms with van der Waals surface area (Å²) < 4.78 is 0. The molecule has 0 saturated heterocycles. The Kier molecular flexibility index (Phi) is 5.37. The molecule has 14 heavy (non-hydrogen) atoms. The molecule has 0 aromatic rings. The first-order chi connectivity index (χ1) is 6.83. The third-order valence-corrected chi connectivity index (χ3v) is 2.33. The normalized spacial score (nSPS) is 15.2. The summed E-state index contributed by atoms with van der Waals surface area (Å²) >= 11 is 0. The molecule has 1 aliphatic rings. The number of carbonyl (C=O) groups is 1. The van der Waals surface area contributed by atoms with Crippen molar-refractivity contribution in [3.05, 3.63) is 0 Å². The van der Waals surface area contributed by atoms with Gasteiger partial charge in [-0.2, -0.15) is 0 Å². The van der Waals surface area contributed by atoms with Gasteiger partial charge in [-0.1, -0.05) is 12.8 Å². The highest BCUT2D eigenvalue weighted by atomic mass is 16.2. The average molecular weight is 199 g/mol. The van der Waals surface area contributed by atoms with Crippen molar-refractivity contribution in [3.8, 4) is 0 Å². The minimum absolute atomic E-state index is 0.00803. The predicted molar refractivity (Wildman–Crippen MR) is 57.1 cm³/mol. The lowest BCUT2D eigenvalue weighted by Crippen LogP contribution is -2.37. The Balaban J connectivity index is 1.80. The lowest BCUT2D eigenvalue weighted by molar-refractivity contribution is 0.240. The van der Waals surface area contributed by atoms with Crippen LogP contribution in [-0.4, -0.2) is 25.2 Å². The van der Waals surface area contributed by atoms with Crippen molar-refractivity contribution in [2.75, 3.05) is 13.1 Å². The summed E-state index contributed by atoms with van der Waals surface area (Å²) in [6, 6.07) is 0.443. The Hall–Kier alpha value is -0.770. The monoisotopic (exact) mass is 199 g/mol. The van der Waals surface area contributed by atoms with Gasteiger partial charge in [-0.05, 0) is 32.2 Å². The van der Waals surface area contributed by atoms with Crippen LogP contribution >= 0.6 is 0 Å². The highest BCUT2D eigenvalue weighted by Crippen LogP contribution is 2.18.